The van der Waals surface area contributed by atoms with E-state index in [9.17, 15) is 4.39 Å². The second-order valence-electron chi connectivity index (χ2n) is 8.36. The van der Waals surface area contributed by atoms with E-state index < -0.39 is 0 Å². The lowest BCUT2D eigenvalue weighted by molar-refractivity contribution is 0.107. The van der Waals surface area contributed by atoms with Crippen LogP contribution in [0.2, 0.25) is 0 Å². The first-order chi connectivity index (χ1) is 14.2. The summed E-state index contributed by atoms with van der Waals surface area (Å²) in [7, 11) is 0. The van der Waals surface area contributed by atoms with Gasteiger partial charge in [0.2, 0.25) is 6.79 Å². The van der Waals surface area contributed by atoms with Gasteiger partial charge in [-0.25, -0.2) is 4.39 Å². The Kier molecular flexibility index (Phi) is 5.39. The van der Waals surface area contributed by atoms with Gasteiger partial charge in [0.1, 0.15) is 11.6 Å². The van der Waals surface area contributed by atoms with Gasteiger partial charge in [0, 0.05) is 31.1 Å². The van der Waals surface area contributed by atoms with Crippen molar-refractivity contribution in [2.45, 2.75) is 25.2 Å². The molecule has 0 bridgehead atoms. The first-order valence-electron chi connectivity index (χ1n) is 10.4. The van der Waals surface area contributed by atoms with Gasteiger partial charge < -0.3 is 19.1 Å². The lowest BCUT2D eigenvalue weighted by Crippen LogP contribution is -2.42. The van der Waals surface area contributed by atoms with Gasteiger partial charge in [-0.1, -0.05) is 12.1 Å². The minimum Gasteiger partial charge on any atom is -0.492 e. The molecular formula is C23H25BrFNO3. The summed E-state index contributed by atoms with van der Waals surface area (Å²) in [5.74, 6) is 3.65. The molecule has 3 aliphatic rings. The van der Waals surface area contributed by atoms with Gasteiger partial charge in [0.05, 0.1) is 11.1 Å². The molecule has 0 unspecified atom stereocenters. The molecule has 154 valence electrons. The van der Waals surface area contributed by atoms with Crippen LogP contribution in [0.3, 0.4) is 0 Å². The van der Waals surface area contributed by atoms with Crippen LogP contribution in [0.15, 0.2) is 40.9 Å². The molecular weight excluding hydrogens is 437 g/mol. The predicted molar refractivity (Wildman–Crippen MR) is 112 cm³/mol. The van der Waals surface area contributed by atoms with Crippen LogP contribution in [-0.4, -0.2) is 37.9 Å². The van der Waals surface area contributed by atoms with E-state index in [1.165, 1.54) is 24.9 Å². The smallest absolute Gasteiger partial charge is 0.231 e. The lowest BCUT2D eigenvalue weighted by atomic mass is 9.80. The van der Waals surface area contributed by atoms with Crippen LogP contribution in [-0.2, 0) is 0 Å². The van der Waals surface area contributed by atoms with Crippen LogP contribution < -0.4 is 14.2 Å². The van der Waals surface area contributed by atoms with Gasteiger partial charge in [-0.2, -0.15) is 0 Å². The summed E-state index contributed by atoms with van der Waals surface area (Å²) in [6.07, 6.45) is 3.81. The average molecular weight is 462 g/mol. The summed E-state index contributed by atoms with van der Waals surface area (Å²) >= 11 is 3.58. The summed E-state index contributed by atoms with van der Waals surface area (Å²) in [4.78, 5) is 2.58. The molecule has 5 rings (SSSR count). The molecule has 2 aliphatic heterocycles. The fraction of sp³-hybridized carbons (Fsp3) is 0.478. The van der Waals surface area contributed by atoms with E-state index in [0.29, 0.717) is 18.4 Å². The first kappa shape index (κ1) is 19.2. The second kappa shape index (κ2) is 8.15. The molecule has 2 fully saturated rings. The van der Waals surface area contributed by atoms with Crippen molar-refractivity contribution in [3.8, 4) is 17.2 Å². The van der Waals surface area contributed by atoms with E-state index in [0.717, 1.165) is 47.1 Å². The lowest BCUT2D eigenvalue weighted by Gasteiger charge is -2.39. The van der Waals surface area contributed by atoms with Crippen LogP contribution in [0.25, 0.3) is 0 Å². The number of ether oxygens (including phenoxy) is 3. The monoisotopic (exact) mass is 461 g/mol. The van der Waals surface area contributed by atoms with E-state index >= 15 is 0 Å². The molecule has 2 aromatic rings. The number of rotatable bonds is 6. The molecule has 6 heteroatoms. The van der Waals surface area contributed by atoms with Crippen molar-refractivity contribution >= 4 is 15.9 Å². The maximum absolute atomic E-state index is 13.4. The third-order valence-electron chi connectivity index (χ3n) is 6.21. The Labute approximate surface area is 179 Å². The molecule has 0 N–H and O–H groups in total. The summed E-state index contributed by atoms with van der Waals surface area (Å²) in [6, 6.07) is 10.8. The topological polar surface area (TPSA) is 30.9 Å². The number of likely N-dealkylation sites (tertiary alicyclic amines) is 1. The summed E-state index contributed by atoms with van der Waals surface area (Å²) in [5, 5.41) is 0. The molecule has 0 aromatic heterocycles. The Morgan fingerprint density at radius 1 is 1.07 bits per heavy atom. The number of hydrogen-bond acceptors (Lipinski definition) is 4. The molecule has 1 saturated heterocycles. The Morgan fingerprint density at radius 3 is 2.59 bits per heavy atom. The minimum absolute atomic E-state index is 0.183. The van der Waals surface area contributed by atoms with Gasteiger partial charge >= 0.3 is 0 Å². The molecule has 2 heterocycles. The summed E-state index contributed by atoms with van der Waals surface area (Å²) < 4.78 is 31.5. The number of hydrogen-bond donors (Lipinski definition) is 0. The van der Waals surface area contributed by atoms with Gasteiger partial charge in [-0.3, -0.25) is 0 Å². The Morgan fingerprint density at radius 2 is 1.83 bits per heavy atom. The standard InChI is InChI=1S/C23H25BrFNO3/c24-20-9-22-23(29-14-28-22)10-21(20)27-13-17-12-26(11-15-1-2-15)8-7-19(17)16-3-5-18(25)6-4-16/h3-6,9-10,15,17,19H,1-2,7-8,11-14H2/t17-,19-/m1/s1. The zero-order valence-electron chi connectivity index (χ0n) is 16.3. The van der Waals surface area contributed by atoms with Crippen LogP contribution in [0, 0.1) is 17.7 Å². The highest BCUT2D eigenvalue weighted by molar-refractivity contribution is 9.10. The van der Waals surface area contributed by atoms with Crippen LogP contribution in [0.4, 0.5) is 4.39 Å². The summed E-state index contributed by atoms with van der Waals surface area (Å²) in [6.45, 7) is 4.17. The highest BCUT2D eigenvalue weighted by Gasteiger charge is 2.34. The number of nitrogens with zero attached hydrogens (tertiary/aromatic N) is 1. The van der Waals surface area contributed by atoms with Crippen LogP contribution in [0.5, 0.6) is 17.2 Å². The van der Waals surface area contributed by atoms with Crippen molar-refractivity contribution in [2.75, 3.05) is 33.0 Å². The zero-order chi connectivity index (χ0) is 19.8. The fourth-order valence-electron chi connectivity index (χ4n) is 4.46. The van der Waals surface area contributed by atoms with Crippen molar-refractivity contribution < 1.29 is 18.6 Å². The van der Waals surface area contributed by atoms with E-state index in [-0.39, 0.29) is 12.6 Å². The van der Waals surface area contributed by atoms with E-state index in [1.807, 2.05) is 24.3 Å². The number of piperidine rings is 1. The molecule has 2 aromatic carbocycles. The molecule has 1 saturated carbocycles. The fourth-order valence-corrected chi connectivity index (χ4v) is 4.90. The molecule has 0 radical (unpaired) electrons. The minimum atomic E-state index is -0.183. The average Bonchev–Trinajstić information content (AvgIpc) is 3.42. The largest absolute Gasteiger partial charge is 0.492 e. The Hall–Kier alpha value is -1.79. The SMILES string of the molecule is Fc1ccc([C@H]2CCN(CC3CC3)C[C@@H]2COc2cc3c(cc2Br)OCO3)cc1. The third kappa shape index (κ3) is 4.38. The van der Waals surface area contributed by atoms with Crippen LogP contribution in [0.1, 0.15) is 30.7 Å². The normalized spacial score (nSPS) is 23.9. The maximum Gasteiger partial charge on any atom is 0.231 e. The quantitative estimate of drug-likeness (QED) is 0.590. The van der Waals surface area contributed by atoms with Gasteiger partial charge in [0.25, 0.3) is 0 Å². The van der Waals surface area contributed by atoms with Gasteiger partial charge in [-0.05, 0) is 71.3 Å². The number of halogens is 2. The summed E-state index contributed by atoms with van der Waals surface area (Å²) in [5.41, 5.74) is 1.20. The molecule has 1 aliphatic carbocycles. The van der Waals surface area contributed by atoms with Crippen molar-refractivity contribution in [3.63, 3.8) is 0 Å². The zero-order valence-corrected chi connectivity index (χ0v) is 17.9. The Bertz CT molecular complexity index is 871. The number of fused-ring (bicyclic) bond motifs is 1. The maximum atomic E-state index is 13.4. The van der Waals surface area contributed by atoms with Crippen molar-refractivity contribution in [1.29, 1.82) is 0 Å². The van der Waals surface area contributed by atoms with E-state index in [1.54, 1.807) is 12.1 Å². The molecule has 2 atom stereocenters. The Balaban J connectivity index is 1.32. The molecule has 29 heavy (non-hydrogen) atoms. The third-order valence-corrected chi connectivity index (χ3v) is 6.83. The highest BCUT2D eigenvalue weighted by Crippen LogP contribution is 2.42. The van der Waals surface area contributed by atoms with Crippen molar-refractivity contribution in [2.24, 2.45) is 11.8 Å². The first-order valence-corrected chi connectivity index (χ1v) is 11.1. The van der Waals surface area contributed by atoms with Crippen molar-refractivity contribution in [3.05, 3.63) is 52.3 Å². The van der Waals surface area contributed by atoms with Crippen LogP contribution >= 0.6 is 15.9 Å². The van der Waals surface area contributed by atoms with E-state index in [2.05, 4.69) is 20.8 Å². The van der Waals surface area contributed by atoms with Gasteiger partial charge in [-0.15, -0.1) is 0 Å². The predicted octanol–water partition coefficient (Wildman–Crippen LogP) is 5.21. The molecule has 4 nitrogen and oxygen atoms in total. The van der Waals surface area contributed by atoms with Crippen molar-refractivity contribution in [1.82, 2.24) is 4.90 Å². The van der Waals surface area contributed by atoms with Gasteiger partial charge in [0.15, 0.2) is 11.5 Å². The second-order valence-corrected chi connectivity index (χ2v) is 9.21. The molecule has 0 spiro atoms. The van der Waals surface area contributed by atoms with E-state index in [4.69, 9.17) is 14.2 Å². The number of benzene rings is 2. The molecule has 0 amide bonds. The highest BCUT2D eigenvalue weighted by atomic mass is 79.9.